The van der Waals surface area contributed by atoms with Crippen LogP contribution in [0.4, 0.5) is 0 Å². The number of hydrogen-bond acceptors (Lipinski definition) is 4. The van der Waals surface area contributed by atoms with Crippen molar-refractivity contribution >= 4 is 6.34 Å². The van der Waals surface area contributed by atoms with E-state index in [1.807, 2.05) is 13.8 Å². The first-order valence-electron chi connectivity index (χ1n) is 5.58. The van der Waals surface area contributed by atoms with Gasteiger partial charge in [0.15, 0.2) is 5.66 Å². The third-order valence-corrected chi connectivity index (χ3v) is 3.08. The maximum absolute atomic E-state index is 6.34. The predicted octanol–water partition coefficient (Wildman–Crippen LogP) is 1.15. The van der Waals surface area contributed by atoms with Gasteiger partial charge in [0.05, 0.1) is 12.0 Å². The van der Waals surface area contributed by atoms with Crippen molar-refractivity contribution in [1.29, 1.82) is 0 Å². The summed E-state index contributed by atoms with van der Waals surface area (Å²) in [4.78, 5) is 4.31. The molecule has 0 fully saturated rings. The summed E-state index contributed by atoms with van der Waals surface area (Å²) in [6.45, 7) is 6.14. The van der Waals surface area contributed by atoms with Crippen LogP contribution in [0.25, 0.3) is 0 Å². The zero-order valence-corrected chi connectivity index (χ0v) is 10.4. The number of hydrogen-bond donors (Lipinski definition) is 3. The Kier molecular flexibility index (Phi) is 2.67. The largest absolute Gasteiger partial charge is 0.397 e. The highest BCUT2D eigenvalue weighted by atomic mass is 15.1. The molecular formula is C13H18N4. The minimum Gasteiger partial charge on any atom is -0.397 e. The van der Waals surface area contributed by atoms with E-state index in [2.05, 4.69) is 29.4 Å². The summed E-state index contributed by atoms with van der Waals surface area (Å²) in [5, 5.41) is 2.85. The van der Waals surface area contributed by atoms with E-state index in [0.29, 0.717) is 5.70 Å². The van der Waals surface area contributed by atoms with E-state index in [-0.39, 0.29) is 0 Å². The zero-order chi connectivity index (χ0) is 12.6. The van der Waals surface area contributed by atoms with E-state index in [9.17, 15) is 0 Å². The van der Waals surface area contributed by atoms with E-state index >= 15 is 0 Å². The molecule has 0 aliphatic carbocycles. The maximum Gasteiger partial charge on any atom is 0.177 e. The molecule has 0 radical (unpaired) electrons. The molecule has 1 unspecified atom stereocenters. The van der Waals surface area contributed by atoms with Crippen LogP contribution in [0.3, 0.4) is 0 Å². The zero-order valence-electron chi connectivity index (χ0n) is 10.4. The van der Waals surface area contributed by atoms with Crippen LogP contribution in [0.15, 0.2) is 29.0 Å². The molecule has 1 atom stereocenters. The van der Waals surface area contributed by atoms with Crippen LogP contribution < -0.4 is 16.8 Å². The van der Waals surface area contributed by atoms with Gasteiger partial charge < -0.3 is 11.1 Å². The molecular weight excluding hydrogens is 212 g/mol. The first-order chi connectivity index (χ1) is 7.95. The van der Waals surface area contributed by atoms with Gasteiger partial charge in [-0.15, -0.1) is 0 Å². The normalized spacial score (nSPS) is 23.2. The smallest absolute Gasteiger partial charge is 0.177 e. The molecule has 1 aromatic carbocycles. The molecule has 1 heterocycles. The highest BCUT2D eigenvalue weighted by Gasteiger charge is 2.33. The van der Waals surface area contributed by atoms with Crippen molar-refractivity contribution in [2.75, 3.05) is 0 Å². The predicted molar refractivity (Wildman–Crippen MR) is 70.4 cm³/mol. The van der Waals surface area contributed by atoms with Crippen molar-refractivity contribution in [3.8, 4) is 0 Å². The van der Waals surface area contributed by atoms with Gasteiger partial charge in [-0.1, -0.05) is 17.7 Å². The van der Waals surface area contributed by atoms with Gasteiger partial charge in [0, 0.05) is 11.8 Å². The molecule has 0 bridgehead atoms. The second kappa shape index (κ2) is 3.89. The Morgan fingerprint density at radius 1 is 1.18 bits per heavy atom. The molecule has 90 valence electrons. The van der Waals surface area contributed by atoms with Gasteiger partial charge >= 0.3 is 0 Å². The molecule has 4 nitrogen and oxygen atoms in total. The lowest BCUT2D eigenvalue weighted by atomic mass is 9.88. The summed E-state index contributed by atoms with van der Waals surface area (Å²) in [5.74, 6) is 0. The summed E-state index contributed by atoms with van der Waals surface area (Å²) >= 11 is 0. The van der Waals surface area contributed by atoms with Crippen LogP contribution >= 0.6 is 0 Å². The quantitative estimate of drug-likeness (QED) is 0.677. The van der Waals surface area contributed by atoms with Crippen LogP contribution in [0.2, 0.25) is 0 Å². The lowest BCUT2D eigenvalue weighted by Crippen LogP contribution is -2.44. The molecule has 17 heavy (non-hydrogen) atoms. The van der Waals surface area contributed by atoms with E-state index in [1.165, 1.54) is 5.56 Å². The topological polar surface area (TPSA) is 76.4 Å². The molecule has 2 rings (SSSR count). The van der Waals surface area contributed by atoms with Gasteiger partial charge in [-0.05, 0) is 31.9 Å². The van der Waals surface area contributed by atoms with Gasteiger partial charge in [-0.2, -0.15) is 0 Å². The first-order valence-corrected chi connectivity index (χ1v) is 5.58. The second-order valence-electron chi connectivity index (χ2n) is 4.56. The lowest BCUT2D eigenvalue weighted by molar-refractivity contribution is 0.533. The Balaban J connectivity index is 2.65. The Labute approximate surface area is 101 Å². The average molecular weight is 230 g/mol. The summed E-state index contributed by atoms with van der Waals surface area (Å²) in [5.41, 5.74) is 16.3. The number of aryl methyl sites for hydroxylation is 3. The molecule has 0 amide bonds. The molecule has 0 spiro atoms. The summed E-state index contributed by atoms with van der Waals surface area (Å²) in [6, 6.07) is 4.20. The molecule has 0 aromatic heterocycles. The third-order valence-electron chi connectivity index (χ3n) is 3.08. The molecule has 1 aromatic rings. The molecule has 0 saturated heterocycles. The standard InChI is InChI=1S/C13H18N4/c1-8-4-9(2)12(10(3)5-8)13(15)11(14)6-16-7-17-13/h4-7H,14-15H2,1-3H3,(H,16,17). The van der Waals surface area contributed by atoms with Gasteiger partial charge in [-0.25, -0.2) is 4.99 Å². The highest BCUT2D eigenvalue weighted by molar-refractivity contribution is 5.62. The van der Waals surface area contributed by atoms with Crippen molar-refractivity contribution in [3.63, 3.8) is 0 Å². The van der Waals surface area contributed by atoms with Gasteiger partial charge in [-0.3, -0.25) is 5.73 Å². The second-order valence-corrected chi connectivity index (χ2v) is 4.56. The molecule has 5 N–H and O–H groups in total. The van der Waals surface area contributed by atoms with Gasteiger partial charge in [0.25, 0.3) is 0 Å². The third kappa shape index (κ3) is 1.80. The Hall–Kier alpha value is -1.81. The number of nitrogens with two attached hydrogens (primary N) is 2. The van der Waals surface area contributed by atoms with Crippen LogP contribution in [-0.2, 0) is 5.66 Å². The number of rotatable bonds is 1. The minimum absolute atomic E-state index is 0.523. The fourth-order valence-electron chi connectivity index (χ4n) is 2.44. The lowest BCUT2D eigenvalue weighted by Gasteiger charge is -2.31. The summed E-state index contributed by atoms with van der Waals surface area (Å²) in [7, 11) is 0. The molecule has 4 heteroatoms. The van der Waals surface area contributed by atoms with Crippen molar-refractivity contribution in [3.05, 3.63) is 46.3 Å². The van der Waals surface area contributed by atoms with Gasteiger partial charge in [0.2, 0.25) is 0 Å². The van der Waals surface area contributed by atoms with Crippen molar-refractivity contribution in [1.82, 2.24) is 5.32 Å². The average Bonchev–Trinajstić information content (AvgIpc) is 2.21. The molecule has 0 saturated carbocycles. The van der Waals surface area contributed by atoms with Crippen LogP contribution in [0.5, 0.6) is 0 Å². The minimum atomic E-state index is -0.951. The fraction of sp³-hybridized carbons (Fsp3) is 0.308. The first kappa shape index (κ1) is 11.7. The number of nitrogens with one attached hydrogen (secondary N) is 1. The summed E-state index contributed by atoms with van der Waals surface area (Å²) in [6.07, 6.45) is 3.26. The van der Waals surface area contributed by atoms with E-state index < -0.39 is 5.66 Å². The summed E-state index contributed by atoms with van der Waals surface area (Å²) < 4.78 is 0. The van der Waals surface area contributed by atoms with Gasteiger partial charge in [0.1, 0.15) is 0 Å². The number of aliphatic imine (C=N–C) groups is 1. The Morgan fingerprint density at radius 3 is 2.29 bits per heavy atom. The SMILES string of the molecule is Cc1cc(C)c(C2(N)N=CNC=C2N)c(C)c1. The maximum atomic E-state index is 6.34. The van der Waals surface area contributed by atoms with Crippen LogP contribution in [-0.4, -0.2) is 6.34 Å². The van der Waals surface area contributed by atoms with Crippen LogP contribution in [0.1, 0.15) is 22.3 Å². The number of benzene rings is 1. The Morgan fingerprint density at radius 2 is 1.76 bits per heavy atom. The monoisotopic (exact) mass is 230 g/mol. The van der Waals surface area contributed by atoms with Crippen molar-refractivity contribution in [2.45, 2.75) is 26.4 Å². The van der Waals surface area contributed by atoms with E-state index in [4.69, 9.17) is 11.5 Å². The molecule has 1 aliphatic rings. The number of nitrogens with zero attached hydrogens (tertiary/aromatic N) is 1. The van der Waals surface area contributed by atoms with Crippen molar-refractivity contribution < 1.29 is 0 Å². The Bertz CT molecular complexity index is 493. The van der Waals surface area contributed by atoms with Crippen molar-refractivity contribution in [2.24, 2.45) is 16.5 Å². The highest BCUT2D eigenvalue weighted by Crippen LogP contribution is 2.32. The van der Waals surface area contributed by atoms with E-state index in [1.54, 1.807) is 12.5 Å². The fourth-order valence-corrected chi connectivity index (χ4v) is 2.44. The van der Waals surface area contributed by atoms with E-state index in [0.717, 1.165) is 16.7 Å². The van der Waals surface area contributed by atoms with Crippen LogP contribution in [0, 0.1) is 20.8 Å². The molecule has 1 aliphatic heterocycles.